The van der Waals surface area contributed by atoms with Crippen molar-refractivity contribution in [2.75, 3.05) is 0 Å². The van der Waals surface area contributed by atoms with Crippen molar-refractivity contribution in [1.82, 2.24) is 15.0 Å². The number of hydrogen-bond acceptors (Lipinski definition) is 2. The van der Waals surface area contributed by atoms with Crippen LogP contribution in [0, 0.1) is 0 Å². The second kappa shape index (κ2) is 4.18. The highest BCUT2D eigenvalue weighted by Crippen LogP contribution is 2.18. The SMILES string of the molecule is CC.O=c1[nH]c2cnc3ccccc3c2[nH]1. The van der Waals surface area contributed by atoms with Crippen LogP contribution in [0.1, 0.15) is 13.8 Å². The Balaban J connectivity index is 0.000000457. The molecule has 2 heterocycles. The van der Waals surface area contributed by atoms with Gasteiger partial charge < -0.3 is 9.97 Å². The quantitative estimate of drug-likeness (QED) is 0.605. The molecule has 0 aliphatic carbocycles. The zero-order valence-corrected chi connectivity index (χ0v) is 9.24. The molecule has 82 valence electrons. The van der Waals surface area contributed by atoms with Gasteiger partial charge in [0.25, 0.3) is 0 Å². The van der Waals surface area contributed by atoms with Crippen molar-refractivity contribution >= 4 is 21.9 Å². The van der Waals surface area contributed by atoms with E-state index in [1.807, 2.05) is 38.1 Å². The van der Waals surface area contributed by atoms with Gasteiger partial charge in [0.1, 0.15) is 0 Å². The van der Waals surface area contributed by atoms with Crippen LogP contribution in [0.3, 0.4) is 0 Å². The van der Waals surface area contributed by atoms with Gasteiger partial charge in [-0.3, -0.25) is 4.98 Å². The molecule has 2 aromatic heterocycles. The third kappa shape index (κ3) is 1.58. The average molecular weight is 215 g/mol. The number of para-hydroxylation sites is 1. The van der Waals surface area contributed by atoms with E-state index in [0.29, 0.717) is 0 Å². The predicted molar refractivity (Wildman–Crippen MR) is 65.6 cm³/mol. The van der Waals surface area contributed by atoms with Crippen LogP contribution in [0.15, 0.2) is 35.3 Å². The summed E-state index contributed by atoms with van der Waals surface area (Å²) in [6.45, 7) is 4.00. The van der Waals surface area contributed by atoms with Crippen molar-refractivity contribution in [3.63, 3.8) is 0 Å². The minimum atomic E-state index is -0.196. The van der Waals surface area contributed by atoms with Gasteiger partial charge in [0.2, 0.25) is 0 Å². The molecular formula is C12H13N3O. The van der Waals surface area contributed by atoms with E-state index < -0.39 is 0 Å². The molecule has 3 aromatic rings. The Kier molecular flexibility index (Phi) is 2.72. The molecule has 4 heteroatoms. The molecular weight excluding hydrogens is 202 g/mol. The minimum absolute atomic E-state index is 0.196. The van der Waals surface area contributed by atoms with Crippen LogP contribution in [0.5, 0.6) is 0 Å². The molecule has 0 unspecified atom stereocenters. The van der Waals surface area contributed by atoms with Gasteiger partial charge in [-0.15, -0.1) is 0 Å². The Morgan fingerprint density at radius 3 is 2.69 bits per heavy atom. The summed E-state index contributed by atoms with van der Waals surface area (Å²) in [4.78, 5) is 20.8. The zero-order valence-electron chi connectivity index (χ0n) is 9.24. The number of pyridine rings is 1. The lowest BCUT2D eigenvalue weighted by Crippen LogP contribution is -1.99. The van der Waals surface area contributed by atoms with E-state index in [0.717, 1.165) is 21.9 Å². The number of H-pyrrole nitrogens is 2. The van der Waals surface area contributed by atoms with Gasteiger partial charge in [-0.25, -0.2) is 4.79 Å². The highest BCUT2D eigenvalue weighted by atomic mass is 16.1. The molecule has 0 aliphatic heterocycles. The summed E-state index contributed by atoms with van der Waals surface area (Å²) >= 11 is 0. The Morgan fingerprint density at radius 1 is 1.12 bits per heavy atom. The lowest BCUT2D eigenvalue weighted by Gasteiger charge is -1.96. The molecule has 1 aromatic carbocycles. The van der Waals surface area contributed by atoms with Crippen molar-refractivity contribution in [2.24, 2.45) is 0 Å². The summed E-state index contributed by atoms with van der Waals surface area (Å²) in [5.74, 6) is 0. The highest BCUT2D eigenvalue weighted by molar-refractivity contribution is 6.01. The van der Waals surface area contributed by atoms with E-state index >= 15 is 0 Å². The maximum Gasteiger partial charge on any atom is 0.323 e. The van der Waals surface area contributed by atoms with Crippen LogP contribution >= 0.6 is 0 Å². The summed E-state index contributed by atoms with van der Waals surface area (Å²) in [6, 6.07) is 7.70. The third-order valence-electron chi connectivity index (χ3n) is 2.26. The fraction of sp³-hybridized carbons (Fsp3) is 0.167. The Hall–Kier alpha value is -2.10. The monoisotopic (exact) mass is 215 g/mol. The third-order valence-corrected chi connectivity index (χ3v) is 2.26. The van der Waals surface area contributed by atoms with Crippen LogP contribution in [0.2, 0.25) is 0 Å². The first-order valence-corrected chi connectivity index (χ1v) is 5.30. The molecule has 0 atom stereocenters. The number of rotatable bonds is 0. The van der Waals surface area contributed by atoms with Crippen molar-refractivity contribution in [2.45, 2.75) is 13.8 Å². The number of nitrogens with one attached hydrogen (secondary N) is 2. The maximum atomic E-state index is 11.1. The molecule has 2 N–H and O–H groups in total. The fourth-order valence-corrected chi connectivity index (χ4v) is 1.64. The molecule has 4 nitrogen and oxygen atoms in total. The fourth-order valence-electron chi connectivity index (χ4n) is 1.64. The Labute approximate surface area is 92.3 Å². The van der Waals surface area contributed by atoms with Gasteiger partial charge in [0.15, 0.2) is 0 Å². The molecule has 0 fully saturated rings. The molecule has 0 aliphatic rings. The van der Waals surface area contributed by atoms with Crippen molar-refractivity contribution in [3.05, 3.63) is 40.9 Å². The smallest absolute Gasteiger partial charge is 0.305 e. The normalized spacial score (nSPS) is 10.1. The standard InChI is InChI=1S/C10H7N3O.C2H6/c14-10-12-8-5-11-7-4-2-1-3-6(7)9(8)13-10;1-2/h1-5H,(H2,12,13,14);1-2H3. The molecule has 0 radical (unpaired) electrons. The first-order chi connectivity index (χ1) is 7.84. The zero-order chi connectivity index (χ0) is 11.5. The number of nitrogens with zero attached hydrogens (tertiary/aromatic N) is 1. The molecule has 0 amide bonds. The van der Waals surface area contributed by atoms with E-state index in [2.05, 4.69) is 15.0 Å². The maximum absolute atomic E-state index is 11.1. The summed E-state index contributed by atoms with van der Waals surface area (Å²) < 4.78 is 0. The van der Waals surface area contributed by atoms with Crippen molar-refractivity contribution in [1.29, 1.82) is 0 Å². The van der Waals surface area contributed by atoms with Crippen LogP contribution < -0.4 is 5.69 Å². The summed E-state index contributed by atoms with van der Waals surface area (Å²) in [6.07, 6.45) is 1.66. The Bertz CT molecular complexity index is 666. The largest absolute Gasteiger partial charge is 0.323 e. The Morgan fingerprint density at radius 2 is 1.88 bits per heavy atom. The lowest BCUT2D eigenvalue weighted by molar-refractivity contribution is 1.21. The molecule has 0 spiro atoms. The van der Waals surface area contributed by atoms with E-state index in [-0.39, 0.29) is 5.69 Å². The predicted octanol–water partition coefficient (Wildman–Crippen LogP) is 2.43. The summed E-state index contributed by atoms with van der Waals surface area (Å²) in [5.41, 5.74) is 2.25. The molecule has 0 saturated heterocycles. The second-order valence-corrected chi connectivity index (χ2v) is 3.14. The first-order valence-electron chi connectivity index (χ1n) is 5.30. The van der Waals surface area contributed by atoms with Gasteiger partial charge in [-0.05, 0) is 6.07 Å². The van der Waals surface area contributed by atoms with E-state index in [1.165, 1.54) is 0 Å². The van der Waals surface area contributed by atoms with Gasteiger partial charge >= 0.3 is 5.69 Å². The number of fused-ring (bicyclic) bond motifs is 3. The van der Waals surface area contributed by atoms with E-state index in [1.54, 1.807) is 6.20 Å². The number of hydrogen-bond donors (Lipinski definition) is 2. The topological polar surface area (TPSA) is 61.5 Å². The van der Waals surface area contributed by atoms with Gasteiger partial charge in [0.05, 0.1) is 22.7 Å². The van der Waals surface area contributed by atoms with Crippen molar-refractivity contribution in [3.8, 4) is 0 Å². The molecule has 16 heavy (non-hydrogen) atoms. The molecule has 3 rings (SSSR count). The van der Waals surface area contributed by atoms with Gasteiger partial charge in [0, 0.05) is 5.39 Å². The number of imidazole rings is 1. The van der Waals surface area contributed by atoms with Gasteiger partial charge in [-0.2, -0.15) is 0 Å². The van der Waals surface area contributed by atoms with Gasteiger partial charge in [-0.1, -0.05) is 32.0 Å². The average Bonchev–Trinajstić information content (AvgIpc) is 2.72. The summed E-state index contributed by atoms with van der Waals surface area (Å²) in [7, 11) is 0. The number of aromatic nitrogens is 3. The van der Waals surface area contributed by atoms with E-state index in [4.69, 9.17) is 0 Å². The lowest BCUT2D eigenvalue weighted by atomic mass is 10.2. The first kappa shape index (κ1) is 10.4. The van der Waals surface area contributed by atoms with Crippen LogP contribution in [0.4, 0.5) is 0 Å². The molecule has 0 bridgehead atoms. The van der Waals surface area contributed by atoms with Crippen LogP contribution in [-0.2, 0) is 0 Å². The minimum Gasteiger partial charge on any atom is -0.305 e. The van der Waals surface area contributed by atoms with Crippen molar-refractivity contribution < 1.29 is 0 Å². The summed E-state index contributed by atoms with van der Waals surface area (Å²) in [5, 5.41) is 0.961. The number of benzene rings is 1. The van der Waals surface area contributed by atoms with Crippen LogP contribution in [-0.4, -0.2) is 15.0 Å². The highest BCUT2D eigenvalue weighted by Gasteiger charge is 2.02. The van der Waals surface area contributed by atoms with E-state index in [9.17, 15) is 4.79 Å². The second-order valence-electron chi connectivity index (χ2n) is 3.14. The molecule has 0 saturated carbocycles. The van der Waals surface area contributed by atoms with Crippen LogP contribution in [0.25, 0.3) is 21.9 Å². The number of aromatic amines is 2.